The number of rotatable bonds is 8. The van der Waals surface area contributed by atoms with Crippen LogP contribution in [-0.2, 0) is 4.79 Å². The van der Waals surface area contributed by atoms with Crippen molar-refractivity contribution >= 4 is 42.1 Å². The summed E-state index contributed by atoms with van der Waals surface area (Å²) < 4.78 is 0. The third kappa shape index (κ3) is 6.05. The highest BCUT2D eigenvalue weighted by Gasteiger charge is 2.30. The Morgan fingerprint density at radius 1 is 1.00 bits per heavy atom. The highest BCUT2D eigenvalue weighted by Crippen LogP contribution is 2.37. The van der Waals surface area contributed by atoms with Crippen LogP contribution in [-0.4, -0.2) is 32.1 Å². The number of anilines is 2. The van der Waals surface area contributed by atoms with Crippen LogP contribution in [0, 0.1) is 5.92 Å². The van der Waals surface area contributed by atoms with Crippen molar-refractivity contribution in [1.29, 1.82) is 0 Å². The smallest absolute Gasteiger partial charge is 0.227 e. The molecular weight excluding hydrogens is 357 g/mol. The Labute approximate surface area is 163 Å². The summed E-state index contributed by atoms with van der Waals surface area (Å²) in [4.78, 5) is 17.1. The van der Waals surface area contributed by atoms with Gasteiger partial charge in [-0.1, -0.05) is 25.0 Å². The third-order valence-electron chi connectivity index (χ3n) is 4.93. The number of benzene rings is 1. The maximum Gasteiger partial charge on any atom is 0.227 e. The first kappa shape index (κ1) is 22.1. The number of unbranched alkanes of at least 4 members (excludes halogenated alkanes) is 3. The Hall–Kier alpha value is -0.970. The fourth-order valence-corrected chi connectivity index (χ4v) is 3.39. The van der Waals surface area contributed by atoms with Gasteiger partial charge in [0.1, 0.15) is 0 Å². The van der Waals surface area contributed by atoms with E-state index in [0.29, 0.717) is 6.42 Å². The number of carbonyl (C=O) groups is 1. The minimum atomic E-state index is 0. The number of amides is 1. The molecule has 1 fully saturated rings. The average molecular weight is 388 g/mol. The summed E-state index contributed by atoms with van der Waals surface area (Å²) in [5.41, 5.74) is 7.85. The van der Waals surface area contributed by atoms with E-state index < -0.39 is 0 Å². The van der Waals surface area contributed by atoms with Crippen LogP contribution in [0.2, 0.25) is 0 Å². The van der Waals surface area contributed by atoms with Crippen LogP contribution in [0.25, 0.3) is 0 Å². The Kier molecular flexibility index (Phi) is 9.62. The molecule has 0 spiro atoms. The van der Waals surface area contributed by atoms with E-state index in [-0.39, 0.29) is 30.7 Å². The molecule has 6 heteroatoms. The molecule has 4 nitrogen and oxygen atoms in total. The molecule has 1 aliphatic heterocycles. The highest BCUT2D eigenvalue weighted by atomic mass is 35.5. The van der Waals surface area contributed by atoms with Gasteiger partial charge in [0.05, 0.1) is 11.4 Å². The lowest BCUT2D eigenvalue weighted by atomic mass is 10.1. The maximum absolute atomic E-state index is 12.6. The Bertz CT molecular complexity index is 537. The Morgan fingerprint density at radius 2 is 1.68 bits per heavy atom. The molecule has 1 amide bonds. The van der Waals surface area contributed by atoms with Gasteiger partial charge in [-0.15, -0.1) is 24.8 Å². The maximum atomic E-state index is 12.6. The molecule has 142 valence electrons. The predicted octanol–water partition coefficient (Wildman–Crippen LogP) is 4.00. The van der Waals surface area contributed by atoms with Crippen molar-refractivity contribution in [2.45, 2.75) is 44.9 Å². The summed E-state index contributed by atoms with van der Waals surface area (Å²) in [6, 6.07) is 8.39. The van der Waals surface area contributed by atoms with Gasteiger partial charge in [0.25, 0.3) is 0 Å². The zero-order valence-corrected chi connectivity index (χ0v) is 16.5. The molecule has 2 aliphatic rings. The molecule has 0 atom stereocenters. The van der Waals surface area contributed by atoms with Crippen molar-refractivity contribution in [3.05, 3.63) is 24.3 Å². The quantitative estimate of drug-likeness (QED) is 0.685. The molecule has 0 unspecified atom stereocenters. The topological polar surface area (TPSA) is 49.6 Å². The summed E-state index contributed by atoms with van der Waals surface area (Å²) >= 11 is 0. The number of carbonyl (C=O) groups excluding carboxylic acids is 1. The van der Waals surface area contributed by atoms with Crippen molar-refractivity contribution in [2.75, 3.05) is 36.0 Å². The second-order valence-electron chi connectivity index (χ2n) is 6.88. The van der Waals surface area contributed by atoms with Gasteiger partial charge >= 0.3 is 0 Å². The van der Waals surface area contributed by atoms with Crippen LogP contribution < -0.4 is 15.5 Å². The zero-order chi connectivity index (χ0) is 16.1. The van der Waals surface area contributed by atoms with E-state index in [0.717, 1.165) is 63.5 Å². The first-order valence-electron chi connectivity index (χ1n) is 9.14. The predicted molar refractivity (Wildman–Crippen MR) is 110 cm³/mol. The van der Waals surface area contributed by atoms with E-state index in [1.54, 1.807) is 0 Å². The van der Waals surface area contributed by atoms with E-state index in [9.17, 15) is 4.79 Å². The minimum Gasteiger partial charge on any atom is -0.368 e. The number of fused-ring (bicyclic) bond motifs is 1. The molecule has 25 heavy (non-hydrogen) atoms. The molecule has 1 heterocycles. The summed E-state index contributed by atoms with van der Waals surface area (Å²) in [6.45, 7) is 3.69. The van der Waals surface area contributed by atoms with Crippen LogP contribution in [0.3, 0.4) is 0 Å². The van der Waals surface area contributed by atoms with Gasteiger partial charge in [-0.2, -0.15) is 0 Å². The largest absolute Gasteiger partial charge is 0.368 e. The molecule has 1 aromatic rings. The first-order valence-corrected chi connectivity index (χ1v) is 9.14. The van der Waals surface area contributed by atoms with Crippen LogP contribution >= 0.6 is 24.8 Å². The molecule has 0 saturated heterocycles. The van der Waals surface area contributed by atoms with E-state index in [1.165, 1.54) is 18.5 Å². The van der Waals surface area contributed by atoms with Crippen molar-refractivity contribution in [1.82, 2.24) is 0 Å². The lowest BCUT2D eigenvalue weighted by Gasteiger charge is -2.38. The van der Waals surface area contributed by atoms with Gasteiger partial charge in [0.15, 0.2) is 0 Å². The average Bonchev–Trinajstić information content (AvgIpc) is 3.39. The monoisotopic (exact) mass is 387 g/mol. The van der Waals surface area contributed by atoms with Crippen LogP contribution in [0.5, 0.6) is 0 Å². The molecule has 0 radical (unpaired) electrons. The number of nitrogens with two attached hydrogens (primary N) is 1. The van der Waals surface area contributed by atoms with E-state index >= 15 is 0 Å². The van der Waals surface area contributed by atoms with Gasteiger partial charge in [-0.3, -0.25) is 4.79 Å². The van der Waals surface area contributed by atoms with E-state index in [2.05, 4.69) is 23.1 Å². The Morgan fingerprint density at radius 3 is 2.36 bits per heavy atom. The van der Waals surface area contributed by atoms with E-state index in [1.807, 2.05) is 11.0 Å². The molecule has 1 aliphatic carbocycles. The molecule has 0 aromatic heterocycles. The third-order valence-corrected chi connectivity index (χ3v) is 4.93. The molecule has 3 rings (SSSR count). The zero-order valence-electron chi connectivity index (χ0n) is 14.9. The highest BCUT2D eigenvalue weighted by molar-refractivity contribution is 5.97. The summed E-state index contributed by atoms with van der Waals surface area (Å²) in [7, 11) is 0. The van der Waals surface area contributed by atoms with Gasteiger partial charge in [0.2, 0.25) is 5.91 Å². The SMILES string of the molecule is Cl.Cl.NCCCCCCC(=O)N1CCN(CC2CC2)c2ccccc21. The van der Waals surface area contributed by atoms with Crippen LogP contribution in [0.4, 0.5) is 11.4 Å². The lowest BCUT2D eigenvalue weighted by Crippen LogP contribution is -2.44. The van der Waals surface area contributed by atoms with Crippen molar-refractivity contribution in [3.8, 4) is 0 Å². The fraction of sp³-hybridized carbons (Fsp3) is 0.632. The molecule has 1 saturated carbocycles. The second kappa shape index (κ2) is 10.9. The summed E-state index contributed by atoms with van der Waals surface area (Å²) in [6.07, 6.45) is 7.66. The Balaban J connectivity index is 0.00000156. The fourth-order valence-electron chi connectivity index (χ4n) is 3.39. The molecule has 2 N–H and O–H groups in total. The minimum absolute atomic E-state index is 0. The molecule has 1 aromatic carbocycles. The van der Waals surface area contributed by atoms with Crippen molar-refractivity contribution in [3.63, 3.8) is 0 Å². The standard InChI is InChI=1S/C19H29N3O.2ClH/c20-12-6-2-1-3-9-19(23)22-14-13-21(15-16-10-11-16)17-7-4-5-8-18(17)22;;/h4-5,7-8,16H,1-3,6,9-15,20H2;2*1H. The van der Waals surface area contributed by atoms with Gasteiger partial charge in [-0.25, -0.2) is 0 Å². The molecular formula is C19H31Cl2N3O. The summed E-state index contributed by atoms with van der Waals surface area (Å²) in [5, 5.41) is 0. The lowest BCUT2D eigenvalue weighted by molar-refractivity contribution is -0.118. The first-order chi connectivity index (χ1) is 11.3. The summed E-state index contributed by atoms with van der Waals surface area (Å²) in [5.74, 6) is 1.14. The number of halogens is 2. The number of hydrogen-bond donors (Lipinski definition) is 1. The normalized spacial score (nSPS) is 15.9. The van der Waals surface area contributed by atoms with Crippen LogP contribution in [0.15, 0.2) is 24.3 Å². The second-order valence-corrected chi connectivity index (χ2v) is 6.88. The van der Waals surface area contributed by atoms with Gasteiger partial charge in [-0.05, 0) is 50.3 Å². The van der Waals surface area contributed by atoms with Gasteiger partial charge in [0, 0.05) is 26.1 Å². The van der Waals surface area contributed by atoms with Gasteiger partial charge < -0.3 is 15.5 Å². The van der Waals surface area contributed by atoms with Crippen LogP contribution in [0.1, 0.15) is 44.9 Å². The van der Waals surface area contributed by atoms with E-state index in [4.69, 9.17) is 5.73 Å². The number of para-hydroxylation sites is 2. The van der Waals surface area contributed by atoms with Crippen molar-refractivity contribution in [2.24, 2.45) is 11.7 Å². The number of hydrogen-bond acceptors (Lipinski definition) is 3. The van der Waals surface area contributed by atoms with Crippen molar-refractivity contribution < 1.29 is 4.79 Å². The molecule has 0 bridgehead atoms. The number of nitrogens with zero attached hydrogens (tertiary/aromatic N) is 2.